The molecule has 0 saturated carbocycles. The molecule has 2 heterocycles. The Kier molecular flexibility index (Phi) is 5.60. The molecule has 0 unspecified atom stereocenters. The van der Waals surface area contributed by atoms with Crippen LogP contribution < -0.4 is 16.2 Å². The average molecular weight is 434 g/mol. The van der Waals surface area contributed by atoms with Gasteiger partial charge in [-0.15, -0.1) is 0 Å². The summed E-state index contributed by atoms with van der Waals surface area (Å²) < 4.78 is 1.67. The van der Waals surface area contributed by atoms with Crippen LogP contribution in [0.4, 0.5) is 11.9 Å². The minimum atomic E-state index is -0.106. The average Bonchev–Trinajstić information content (AvgIpc) is 2.74. The molecular weight excluding hydrogens is 410 g/mol. The molecule has 4 aromatic rings. The second kappa shape index (κ2) is 8.35. The Morgan fingerprint density at radius 1 is 1.00 bits per heavy atom. The Morgan fingerprint density at radius 3 is 2.55 bits per heavy atom. The van der Waals surface area contributed by atoms with Gasteiger partial charge < -0.3 is 10.6 Å². The van der Waals surface area contributed by atoms with Gasteiger partial charge in [0.2, 0.25) is 11.9 Å². The third-order valence-corrected chi connectivity index (χ3v) is 5.91. The van der Waals surface area contributed by atoms with Crippen LogP contribution in [0.2, 0.25) is 0 Å². The Balaban J connectivity index is 1.84. The molecule has 0 spiro atoms. The zero-order valence-corrected chi connectivity index (χ0v) is 18.6. The summed E-state index contributed by atoms with van der Waals surface area (Å²) in [6.07, 6.45) is 0. The standard InChI is InChI=1S/C22H23N7OS/c1-13-8-7-11-17(14(13)2)29-19(30)15-9-5-6-10-16(15)24-22(29)31-12-18-25-20(23)27-21(26-18)28(3)4/h5-11H,12H2,1-4H3,(H2,23,25,26,27). The minimum Gasteiger partial charge on any atom is -0.368 e. The van der Waals surface area contributed by atoms with E-state index in [-0.39, 0.29) is 11.5 Å². The fourth-order valence-corrected chi connectivity index (χ4v) is 4.08. The summed E-state index contributed by atoms with van der Waals surface area (Å²) in [5.41, 5.74) is 9.35. The maximum absolute atomic E-state index is 13.5. The van der Waals surface area contributed by atoms with Gasteiger partial charge in [0, 0.05) is 14.1 Å². The molecule has 0 aliphatic carbocycles. The summed E-state index contributed by atoms with van der Waals surface area (Å²) in [4.78, 5) is 32.9. The van der Waals surface area contributed by atoms with Crippen LogP contribution in [-0.4, -0.2) is 38.6 Å². The highest BCUT2D eigenvalue weighted by atomic mass is 32.2. The first-order valence-electron chi connectivity index (χ1n) is 9.74. The predicted molar refractivity (Wildman–Crippen MR) is 125 cm³/mol. The largest absolute Gasteiger partial charge is 0.368 e. The van der Waals surface area contributed by atoms with Crippen LogP contribution in [0, 0.1) is 13.8 Å². The Bertz CT molecular complexity index is 1330. The van der Waals surface area contributed by atoms with E-state index in [9.17, 15) is 4.79 Å². The summed E-state index contributed by atoms with van der Waals surface area (Å²) in [5, 5.41) is 1.15. The maximum Gasteiger partial charge on any atom is 0.266 e. The lowest BCUT2D eigenvalue weighted by Crippen LogP contribution is -2.23. The first kappa shape index (κ1) is 20.8. The molecule has 0 saturated heterocycles. The van der Waals surface area contributed by atoms with Gasteiger partial charge in [-0.1, -0.05) is 36.0 Å². The first-order valence-corrected chi connectivity index (χ1v) is 10.7. The van der Waals surface area contributed by atoms with Crippen molar-refractivity contribution in [2.75, 3.05) is 24.7 Å². The number of aromatic nitrogens is 5. The van der Waals surface area contributed by atoms with Gasteiger partial charge in [-0.25, -0.2) is 4.98 Å². The van der Waals surface area contributed by atoms with Crippen molar-refractivity contribution in [3.8, 4) is 5.69 Å². The summed E-state index contributed by atoms with van der Waals surface area (Å²) in [6, 6.07) is 13.3. The van der Waals surface area contributed by atoms with Gasteiger partial charge in [-0.2, -0.15) is 15.0 Å². The molecule has 0 aliphatic rings. The van der Waals surface area contributed by atoms with Crippen LogP contribution in [0.15, 0.2) is 52.4 Å². The highest BCUT2D eigenvalue weighted by molar-refractivity contribution is 7.98. The lowest BCUT2D eigenvalue weighted by molar-refractivity contribution is 0.811. The van der Waals surface area contributed by atoms with Gasteiger partial charge in [0.1, 0.15) is 5.82 Å². The van der Waals surface area contributed by atoms with Crippen molar-refractivity contribution in [3.63, 3.8) is 0 Å². The number of anilines is 2. The van der Waals surface area contributed by atoms with Gasteiger partial charge in [0.05, 0.1) is 22.3 Å². The van der Waals surface area contributed by atoms with E-state index in [0.717, 1.165) is 16.8 Å². The zero-order valence-electron chi connectivity index (χ0n) is 17.8. The van der Waals surface area contributed by atoms with Crippen LogP contribution in [0.1, 0.15) is 17.0 Å². The summed E-state index contributed by atoms with van der Waals surface area (Å²) in [7, 11) is 3.68. The van der Waals surface area contributed by atoms with Gasteiger partial charge >= 0.3 is 0 Å². The summed E-state index contributed by atoms with van der Waals surface area (Å²) >= 11 is 1.39. The normalized spacial score (nSPS) is 11.1. The second-order valence-corrected chi connectivity index (χ2v) is 8.31. The molecule has 8 nitrogen and oxygen atoms in total. The van der Waals surface area contributed by atoms with Crippen LogP contribution in [0.5, 0.6) is 0 Å². The lowest BCUT2D eigenvalue weighted by atomic mass is 10.1. The number of para-hydroxylation sites is 1. The summed E-state index contributed by atoms with van der Waals surface area (Å²) in [5.74, 6) is 1.56. The molecule has 2 aromatic carbocycles. The number of hydrogen-bond donors (Lipinski definition) is 1. The molecule has 0 fully saturated rings. The van der Waals surface area contributed by atoms with Crippen molar-refractivity contribution >= 4 is 34.6 Å². The van der Waals surface area contributed by atoms with Gasteiger partial charge in [-0.05, 0) is 43.2 Å². The number of nitrogens with two attached hydrogens (primary N) is 1. The number of rotatable bonds is 5. The number of benzene rings is 2. The number of thioether (sulfide) groups is 1. The molecule has 4 rings (SSSR count). The molecule has 9 heteroatoms. The molecule has 0 aliphatic heterocycles. The van der Waals surface area contributed by atoms with E-state index < -0.39 is 0 Å². The minimum absolute atomic E-state index is 0.106. The molecule has 0 radical (unpaired) electrons. The van der Waals surface area contributed by atoms with Crippen LogP contribution in [0.25, 0.3) is 16.6 Å². The number of nitrogens with zero attached hydrogens (tertiary/aromatic N) is 6. The third kappa shape index (κ3) is 4.09. The molecule has 2 aromatic heterocycles. The first-order chi connectivity index (χ1) is 14.8. The van der Waals surface area contributed by atoms with Crippen molar-refractivity contribution in [2.24, 2.45) is 0 Å². The number of fused-ring (bicyclic) bond motifs is 1. The second-order valence-electron chi connectivity index (χ2n) is 7.36. The monoisotopic (exact) mass is 433 g/mol. The maximum atomic E-state index is 13.5. The van der Waals surface area contributed by atoms with Crippen molar-refractivity contribution in [1.29, 1.82) is 0 Å². The van der Waals surface area contributed by atoms with Crippen LogP contribution in [-0.2, 0) is 5.75 Å². The van der Waals surface area contributed by atoms with Gasteiger partial charge in [-0.3, -0.25) is 9.36 Å². The van der Waals surface area contributed by atoms with Crippen LogP contribution >= 0.6 is 11.8 Å². The molecule has 158 valence electrons. The van der Waals surface area contributed by atoms with E-state index in [4.69, 9.17) is 10.7 Å². The van der Waals surface area contributed by atoms with E-state index in [2.05, 4.69) is 15.0 Å². The van der Waals surface area contributed by atoms with Crippen molar-refractivity contribution in [2.45, 2.75) is 24.8 Å². The predicted octanol–water partition coefficient (Wildman–Crippen LogP) is 3.13. The SMILES string of the molecule is Cc1cccc(-n2c(SCc3nc(N)nc(N(C)C)n3)nc3ccccc3c2=O)c1C. The van der Waals surface area contributed by atoms with Crippen molar-refractivity contribution < 1.29 is 0 Å². The van der Waals surface area contributed by atoms with Gasteiger partial charge in [0.15, 0.2) is 5.16 Å². The topological polar surface area (TPSA) is 103 Å². The number of aryl methyl sites for hydroxylation is 1. The molecule has 0 amide bonds. The van der Waals surface area contributed by atoms with E-state index in [1.54, 1.807) is 15.5 Å². The van der Waals surface area contributed by atoms with E-state index in [1.807, 2.05) is 64.3 Å². The quantitative estimate of drug-likeness (QED) is 0.378. The third-order valence-electron chi connectivity index (χ3n) is 4.98. The highest BCUT2D eigenvalue weighted by Gasteiger charge is 2.16. The molecule has 0 bridgehead atoms. The Morgan fingerprint density at radius 2 is 1.77 bits per heavy atom. The Labute approximate surface area is 184 Å². The van der Waals surface area contributed by atoms with E-state index in [0.29, 0.717) is 33.6 Å². The van der Waals surface area contributed by atoms with E-state index >= 15 is 0 Å². The fourth-order valence-electron chi connectivity index (χ4n) is 3.22. The zero-order chi connectivity index (χ0) is 22.1. The molecular formula is C22H23N7OS. The van der Waals surface area contributed by atoms with Gasteiger partial charge in [0.25, 0.3) is 5.56 Å². The number of nitrogen functional groups attached to an aromatic ring is 1. The van der Waals surface area contributed by atoms with Crippen LogP contribution in [0.3, 0.4) is 0 Å². The molecule has 2 N–H and O–H groups in total. The number of hydrogen-bond acceptors (Lipinski definition) is 8. The van der Waals surface area contributed by atoms with Crippen molar-refractivity contribution in [1.82, 2.24) is 24.5 Å². The van der Waals surface area contributed by atoms with Crippen molar-refractivity contribution in [3.05, 3.63) is 69.8 Å². The Hall–Kier alpha value is -3.46. The molecule has 31 heavy (non-hydrogen) atoms. The fraction of sp³-hybridized carbons (Fsp3) is 0.227. The van der Waals surface area contributed by atoms with E-state index in [1.165, 1.54) is 11.8 Å². The lowest BCUT2D eigenvalue weighted by Gasteiger charge is -2.16. The highest BCUT2D eigenvalue weighted by Crippen LogP contribution is 2.26. The smallest absolute Gasteiger partial charge is 0.266 e. The molecule has 0 atom stereocenters. The summed E-state index contributed by atoms with van der Waals surface area (Å²) in [6.45, 7) is 4.04.